The molecule has 1 aliphatic rings. The standard InChI is InChI=1S/C16H21ClN2O2/c1-4-9(2)18-15(20)11-8-12(11)16(21)19-14-7-5-6-13(17)10(14)3/h5-7,9,11-12H,4,8H2,1-3H3,(H,18,20)(H,19,21). The summed E-state index contributed by atoms with van der Waals surface area (Å²) in [5.41, 5.74) is 1.55. The van der Waals surface area contributed by atoms with Crippen molar-refractivity contribution in [2.45, 2.75) is 39.7 Å². The fourth-order valence-corrected chi connectivity index (χ4v) is 2.37. The second-order valence-corrected chi connectivity index (χ2v) is 6.08. The van der Waals surface area contributed by atoms with Crippen LogP contribution in [0.1, 0.15) is 32.3 Å². The minimum Gasteiger partial charge on any atom is -0.353 e. The Balaban J connectivity index is 1.92. The zero-order valence-corrected chi connectivity index (χ0v) is 13.3. The molecule has 0 bridgehead atoms. The van der Waals surface area contributed by atoms with Crippen molar-refractivity contribution in [1.29, 1.82) is 0 Å². The maximum Gasteiger partial charge on any atom is 0.228 e. The summed E-state index contributed by atoms with van der Waals surface area (Å²) in [6.07, 6.45) is 1.50. The number of carbonyl (C=O) groups excluding carboxylic acids is 2. The van der Waals surface area contributed by atoms with Gasteiger partial charge in [0, 0.05) is 16.8 Å². The number of halogens is 1. The van der Waals surface area contributed by atoms with Crippen LogP contribution in [0.2, 0.25) is 5.02 Å². The highest BCUT2D eigenvalue weighted by Gasteiger charge is 2.48. The Morgan fingerprint density at radius 1 is 1.33 bits per heavy atom. The minimum absolute atomic E-state index is 0.0210. The van der Waals surface area contributed by atoms with Crippen LogP contribution in [-0.2, 0) is 9.59 Å². The first-order chi connectivity index (χ1) is 9.93. The van der Waals surface area contributed by atoms with E-state index in [0.717, 1.165) is 12.0 Å². The first-order valence-electron chi connectivity index (χ1n) is 7.30. The first-order valence-corrected chi connectivity index (χ1v) is 7.68. The van der Waals surface area contributed by atoms with Crippen LogP contribution in [0.4, 0.5) is 5.69 Å². The second-order valence-electron chi connectivity index (χ2n) is 5.67. The second kappa shape index (κ2) is 6.48. The number of rotatable bonds is 5. The van der Waals surface area contributed by atoms with E-state index in [1.165, 1.54) is 0 Å². The van der Waals surface area contributed by atoms with Gasteiger partial charge in [0.1, 0.15) is 0 Å². The van der Waals surface area contributed by atoms with Crippen molar-refractivity contribution < 1.29 is 9.59 Å². The van der Waals surface area contributed by atoms with Gasteiger partial charge in [-0.3, -0.25) is 9.59 Å². The van der Waals surface area contributed by atoms with Crippen LogP contribution in [0.15, 0.2) is 18.2 Å². The number of hydrogen-bond acceptors (Lipinski definition) is 2. The van der Waals surface area contributed by atoms with Crippen molar-refractivity contribution >= 4 is 29.1 Å². The lowest BCUT2D eigenvalue weighted by Crippen LogP contribution is -2.34. The fourth-order valence-electron chi connectivity index (χ4n) is 2.19. The van der Waals surface area contributed by atoms with Crippen LogP contribution in [0.5, 0.6) is 0 Å². The summed E-state index contributed by atoms with van der Waals surface area (Å²) < 4.78 is 0. The van der Waals surface area contributed by atoms with Crippen LogP contribution in [0.3, 0.4) is 0 Å². The van der Waals surface area contributed by atoms with Crippen molar-refractivity contribution in [3.63, 3.8) is 0 Å². The molecular weight excluding hydrogens is 288 g/mol. The van der Waals surface area contributed by atoms with Gasteiger partial charge in [-0.25, -0.2) is 0 Å². The fraction of sp³-hybridized carbons (Fsp3) is 0.500. The Morgan fingerprint density at radius 2 is 2.00 bits per heavy atom. The van der Waals surface area contributed by atoms with E-state index in [1.807, 2.05) is 26.8 Å². The minimum atomic E-state index is -0.229. The lowest BCUT2D eigenvalue weighted by atomic mass is 10.2. The summed E-state index contributed by atoms with van der Waals surface area (Å²) in [5.74, 6) is -0.553. The van der Waals surface area contributed by atoms with Gasteiger partial charge in [0.05, 0.1) is 11.8 Å². The van der Waals surface area contributed by atoms with E-state index in [9.17, 15) is 9.59 Å². The highest BCUT2D eigenvalue weighted by atomic mass is 35.5. The van der Waals surface area contributed by atoms with E-state index in [2.05, 4.69) is 10.6 Å². The Morgan fingerprint density at radius 3 is 2.67 bits per heavy atom. The zero-order valence-electron chi connectivity index (χ0n) is 12.6. The Bertz CT molecular complexity index is 559. The van der Waals surface area contributed by atoms with Gasteiger partial charge in [0.25, 0.3) is 0 Å². The molecule has 0 aliphatic heterocycles. The van der Waals surface area contributed by atoms with E-state index >= 15 is 0 Å². The third kappa shape index (κ3) is 3.76. The van der Waals surface area contributed by atoms with Crippen LogP contribution in [-0.4, -0.2) is 17.9 Å². The van der Waals surface area contributed by atoms with Crippen molar-refractivity contribution in [3.05, 3.63) is 28.8 Å². The largest absolute Gasteiger partial charge is 0.353 e. The lowest BCUT2D eigenvalue weighted by molar-refractivity contribution is -0.125. The number of carbonyl (C=O) groups is 2. The molecular formula is C16H21ClN2O2. The Kier molecular flexibility index (Phi) is 4.88. The number of hydrogen-bond donors (Lipinski definition) is 2. The van der Waals surface area contributed by atoms with Gasteiger partial charge in [-0.05, 0) is 44.4 Å². The number of anilines is 1. The summed E-state index contributed by atoms with van der Waals surface area (Å²) in [6, 6.07) is 5.55. The first kappa shape index (κ1) is 15.8. The molecule has 1 aliphatic carbocycles. The van der Waals surface area contributed by atoms with Gasteiger partial charge in [-0.2, -0.15) is 0 Å². The molecule has 2 amide bonds. The molecule has 0 spiro atoms. The van der Waals surface area contributed by atoms with Crippen LogP contribution in [0.25, 0.3) is 0 Å². The molecule has 2 rings (SSSR count). The molecule has 1 aromatic carbocycles. The van der Waals surface area contributed by atoms with Gasteiger partial charge in [0.15, 0.2) is 0 Å². The molecule has 2 N–H and O–H groups in total. The lowest BCUT2D eigenvalue weighted by Gasteiger charge is -2.11. The van der Waals surface area contributed by atoms with Crippen molar-refractivity contribution in [2.24, 2.45) is 11.8 Å². The molecule has 21 heavy (non-hydrogen) atoms. The molecule has 3 atom stereocenters. The summed E-state index contributed by atoms with van der Waals surface area (Å²) in [7, 11) is 0. The number of benzene rings is 1. The Hall–Kier alpha value is -1.55. The smallest absolute Gasteiger partial charge is 0.228 e. The predicted molar refractivity (Wildman–Crippen MR) is 84.3 cm³/mol. The summed E-state index contributed by atoms with van der Waals surface area (Å²) in [6.45, 7) is 5.84. The average molecular weight is 309 g/mol. The van der Waals surface area contributed by atoms with E-state index in [4.69, 9.17) is 11.6 Å². The van der Waals surface area contributed by atoms with E-state index in [0.29, 0.717) is 17.1 Å². The van der Waals surface area contributed by atoms with Gasteiger partial charge < -0.3 is 10.6 Å². The SMILES string of the molecule is CCC(C)NC(=O)C1CC1C(=O)Nc1cccc(Cl)c1C. The van der Waals surface area contributed by atoms with Crippen LogP contribution in [0, 0.1) is 18.8 Å². The highest BCUT2D eigenvalue weighted by Crippen LogP contribution is 2.40. The molecule has 1 fully saturated rings. The third-order valence-electron chi connectivity index (χ3n) is 3.99. The number of amides is 2. The van der Waals surface area contributed by atoms with Gasteiger partial charge in [-0.1, -0.05) is 24.6 Å². The Labute approximate surface area is 130 Å². The van der Waals surface area contributed by atoms with E-state index in [1.54, 1.807) is 12.1 Å². The average Bonchev–Trinajstić information content (AvgIpc) is 3.24. The van der Waals surface area contributed by atoms with Gasteiger partial charge in [-0.15, -0.1) is 0 Å². The maximum absolute atomic E-state index is 12.2. The van der Waals surface area contributed by atoms with Crippen LogP contribution < -0.4 is 10.6 Å². The third-order valence-corrected chi connectivity index (χ3v) is 4.40. The zero-order chi connectivity index (χ0) is 15.6. The van der Waals surface area contributed by atoms with Crippen molar-refractivity contribution in [2.75, 3.05) is 5.32 Å². The molecule has 4 nitrogen and oxygen atoms in total. The molecule has 0 aromatic heterocycles. The molecule has 1 saturated carbocycles. The molecule has 0 heterocycles. The predicted octanol–water partition coefficient (Wildman–Crippen LogP) is 3.14. The summed E-state index contributed by atoms with van der Waals surface area (Å²) in [4.78, 5) is 24.1. The molecule has 5 heteroatoms. The van der Waals surface area contributed by atoms with Crippen molar-refractivity contribution in [1.82, 2.24) is 5.32 Å². The molecule has 3 unspecified atom stereocenters. The normalized spacial score (nSPS) is 21.5. The van der Waals surface area contributed by atoms with Crippen LogP contribution >= 0.6 is 11.6 Å². The maximum atomic E-state index is 12.2. The van der Waals surface area contributed by atoms with Gasteiger partial charge in [0.2, 0.25) is 11.8 Å². The quantitative estimate of drug-likeness (QED) is 0.878. The highest BCUT2D eigenvalue weighted by molar-refractivity contribution is 6.31. The monoisotopic (exact) mass is 308 g/mol. The number of nitrogens with one attached hydrogen (secondary N) is 2. The molecule has 0 saturated heterocycles. The summed E-state index contributed by atoms with van der Waals surface area (Å²) in [5, 5.41) is 6.40. The van der Waals surface area contributed by atoms with Crippen molar-refractivity contribution in [3.8, 4) is 0 Å². The molecule has 0 radical (unpaired) electrons. The van der Waals surface area contributed by atoms with Gasteiger partial charge >= 0.3 is 0 Å². The summed E-state index contributed by atoms with van der Waals surface area (Å²) >= 11 is 6.03. The molecule has 1 aromatic rings. The molecule has 114 valence electrons. The van der Waals surface area contributed by atoms with E-state index in [-0.39, 0.29) is 29.7 Å². The van der Waals surface area contributed by atoms with E-state index < -0.39 is 0 Å². The topological polar surface area (TPSA) is 58.2 Å².